The fraction of sp³-hybridized carbons (Fsp3) is 0.409. The maximum atomic E-state index is 14.4. The molecule has 1 aliphatic heterocycles. The number of hydrogen-bond acceptors (Lipinski definition) is 7. The molecule has 2 aromatic heterocycles. The van der Waals surface area contributed by atoms with E-state index in [9.17, 15) is 26.7 Å². The molecule has 0 saturated carbocycles. The van der Waals surface area contributed by atoms with Gasteiger partial charge in [-0.2, -0.15) is 13.2 Å². The van der Waals surface area contributed by atoms with E-state index in [1.165, 1.54) is 12.4 Å². The minimum Gasteiger partial charge on any atom is -0.393 e. The Balaban J connectivity index is 1.83. The first-order chi connectivity index (χ1) is 16.4. The third-order valence-corrected chi connectivity index (χ3v) is 5.49. The summed E-state index contributed by atoms with van der Waals surface area (Å²) in [6, 6.07) is 4.12. The highest BCUT2D eigenvalue weighted by molar-refractivity contribution is 6.54. The van der Waals surface area contributed by atoms with E-state index < -0.39 is 54.3 Å². The number of halogens is 5. The van der Waals surface area contributed by atoms with Gasteiger partial charge < -0.3 is 15.5 Å². The second kappa shape index (κ2) is 10.3. The Bertz CT molecular complexity index is 1070. The molecule has 2 unspecified atom stereocenters. The summed E-state index contributed by atoms with van der Waals surface area (Å²) in [6.45, 7) is 0.564. The van der Waals surface area contributed by atoms with E-state index in [4.69, 9.17) is 5.41 Å². The second-order valence-electron chi connectivity index (χ2n) is 8.14. The second-order valence-corrected chi connectivity index (χ2v) is 8.14. The van der Waals surface area contributed by atoms with Crippen LogP contribution in [-0.4, -0.2) is 63.6 Å². The predicted octanol–water partition coefficient (Wildman–Crippen LogP) is 3.45. The molecule has 1 aliphatic rings. The number of nitrogens with one attached hydrogen (secondary N) is 3. The molecule has 3 rings (SSSR count). The Hall–Kier alpha value is -3.64. The highest BCUT2D eigenvalue weighted by Crippen LogP contribution is 2.35. The zero-order valence-corrected chi connectivity index (χ0v) is 18.9. The molecule has 0 aromatic carbocycles. The van der Waals surface area contributed by atoms with E-state index in [1.807, 2.05) is 0 Å². The number of carbonyl (C=O) groups excluding carboxylic acids is 1. The van der Waals surface area contributed by atoms with Crippen LogP contribution in [0.5, 0.6) is 0 Å². The molecular formula is C22H24F5N7O. The van der Waals surface area contributed by atoms with Crippen LogP contribution >= 0.6 is 0 Å². The lowest BCUT2D eigenvalue weighted by atomic mass is 9.87. The normalized spacial score (nSPS) is 20.3. The number of pyridine rings is 1. The summed E-state index contributed by atoms with van der Waals surface area (Å²) in [5, 5.41) is 14.0. The van der Waals surface area contributed by atoms with Gasteiger partial charge in [0.2, 0.25) is 0 Å². The SMILES string of the molecule is CN/C=C(\C(=N)C(=O)N1CC(F)(F)CC(C)C1CNc1cnc(C(F)(F)F)cn1)c1ccccn1. The summed E-state index contributed by atoms with van der Waals surface area (Å²) >= 11 is 0. The standard InChI is InChI=1S/C22H24F5N7O/c1-13-7-21(23,24)12-34(16(13)9-32-18-11-31-17(10-33-18)22(25,26)27)20(35)19(28)14(8-29-2)15-5-3-4-6-30-15/h3-6,8,10-11,13,16,28-29H,7,9,12H2,1-2H3,(H,32,33)/b14-8-,28-19?. The number of aromatic nitrogens is 3. The molecule has 2 aromatic rings. The number of anilines is 1. The molecule has 0 bridgehead atoms. The topological polar surface area (TPSA) is 107 Å². The highest BCUT2D eigenvalue weighted by Gasteiger charge is 2.47. The van der Waals surface area contributed by atoms with Gasteiger partial charge in [-0.1, -0.05) is 13.0 Å². The van der Waals surface area contributed by atoms with Gasteiger partial charge in [-0.3, -0.25) is 15.2 Å². The van der Waals surface area contributed by atoms with E-state index in [0.29, 0.717) is 11.9 Å². The summed E-state index contributed by atoms with van der Waals surface area (Å²) in [5.74, 6) is -4.78. The molecule has 8 nitrogen and oxygen atoms in total. The van der Waals surface area contributed by atoms with E-state index in [0.717, 1.165) is 11.1 Å². The van der Waals surface area contributed by atoms with Crippen LogP contribution in [0, 0.1) is 11.3 Å². The average molecular weight is 497 g/mol. The van der Waals surface area contributed by atoms with E-state index >= 15 is 0 Å². The highest BCUT2D eigenvalue weighted by atomic mass is 19.4. The lowest BCUT2D eigenvalue weighted by Gasteiger charge is -2.43. The fourth-order valence-electron chi connectivity index (χ4n) is 3.85. The van der Waals surface area contributed by atoms with E-state index in [-0.39, 0.29) is 17.9 Å². The van der Waals surface area contributed by atoms with Gasteiger partial charge in [-0.05, 0) is 18.1 Å². The van der Waals surface area contributed by atoms with E-state index in [1.54, 1.807) is 32.2 Å². The Kier molecular flexibility index (Phi) is 7.66. The molecule has 2 atom stereocenters. The van der Waals surface area contributed by atoms with Crippen LogP contribution in [0.3, 0.4) is 0 Å². The number of likely N-dealkylation sites (tertiary alicyclic amines) is 1. The van der Waals surface area contributed by atoms with Crippen LogP contribution in [-0.2, 0) is 11.0 Å². The minimum absolute atomic E-state index is 0.00531. The third kappa shape index (κ3) is 6.28. The van der Waals surface area contributed by atoms with Crippen molar-refractivity contribution >= 4 is 23.0 Å². The van der Waals surface area contributed by atoms with Crippen molar-refractivity contribution in [3.05, 3.63) is 54.4 Å². The first-order valence-electron chi connectivity index (χ1n) is 10.6. The molecule has 3 N–H and O–H groups in total. The van der Waals surface area contributed by atoms with Crippen molar-refractivity contribution in [3.63, 3.8) is 0 Å². The maximum Gasteiger partial charge on any atom is 0.434 e. The molecule has 1 fully saturated rings. The Morgan fingerprint density at radius 3 is 2.57 bits per heavy atom. The van der Waals surface area contributed by atoms with E-state index in [2.05, 4.69) is 25.6 Å². The molecule has 1 amide bonds. The zero-order chi connectivity index (χ0) is 25.8. The number of alkyl halides is 5. The van der Waals surface area contributed by atoms with Crippen molar-refractivity contribution < 1.29 is 26.7 Å². The largest absolute Gasteiger partial charge is 0.434 e. The number of hydrogen-bond donors (Lipinski definition) is 3. The van der Waals surface area contributed by atoms with Gasteiger partial charge in [0.05, 0.1) is 30.7 Å². The maximum absolute atomic E-state index is 14.4. The first-order valence-corrected chi connectivity index (χ1v) is 10.6. The van der Waals surface area contributed by atoms with Crippen LogP contribution in [0.25, 0.3) is 5.57 Å². The van der Waals surface area contributed by atoms with Crippen molar-refractivity contribution in [2.75, 3.05) is 25.5 Å². The Labute approximate surface area is 198 Å². The monoisotopic (exact) mass is 497 g/mol. The molecule has 0 spiro atoms. The summed E-state index contributed by atoms with van der Waals surface area (Å²) in [4.78, 5) is 25.3. The molecule has 1 saturated heterocycles. The van der Waals surface area contributed by atoms with Gasteiger partial charge in [-0.15, -0.1) is 0 Å². The van der Waals surface area contributed by atoms with Crippen molar-refractivity contribution in [2.24, 2.45) is 5.92 Å². The van der Waals surface area contributed by atoms with Crippen molar-refractivity contribution in [1.82, 2.24) is 25.2 Å². The van der Waals surface area contributed by atoms with Gasteiger partial charge in [0.25, 0.3) is 11.8 Å². The molecule has 3 heterocycles. The smallest absolute Gasteiger partial charge is 0.393 e. The minimum atomic E-state index is -4.65. The molecule has 35 heavy (non-hydrogen) atoms. The predicted molar refractivity (Wildman–Crippen MR) is 119 cm³/mol. The van der Waals surface area contributed by atoms with Crippen LogP contribution < -0.4 is 10.6 Å². The van der Waals surface area contributed by atoms with Crippen molar-refractivity contribution in [3.8, 4) is 0 Å². The van der Waals surface area contributed by atoms with Crippen LogP contribution in [0.1, 0.15) is 24.7 Å². The Morgan fingerprint density at radius 2 is 2.00 bits per heavy atom. The average Bonchev–Trinajstić information content (AvgIpc) is 2.80. The number of amides is 1. The number of rotatable bonds is 7. The lowest BCUT2D eigenvalue weighted by Crippen LogP contribution is -2.58. The van der Waals surface area contributed by atoms with Crippen LogP contribution in [0.4, 0.5) is 27.8 Å². The number of nitrogens with zero attached hydrogens (tertiary/aromatic N) is 4. The van der Waals surface area contributed by atoms with Crippen molar-refractivity contribution in [1.29, 1.82) is 5.41 Å². The molecule has 0 aliphatic carbocycles. The third-order valence-electron chi connectivity index (χ3n) is 5.49. The number of carbonyl (C=O) groups is 1. The zero-order valence-electron chi connectivity index (χ0n) is 18.9. The summed E-state index contributed by atoms with van der Waals surface area (Å²) in [5.41, 5.74) is -1.26. The molecule has 188 valence electrons. The lowest BCUT2D eigenvalue weighted by molar-refractivity contribution is -0.145. The quantitative estimate of drug-likeness (QED) is 0.400. The van der Waals surface area contributed by atoms with Crippen molar-refractivity contribution in [2.45, 2.75) is 31.5 Å². The fourth-order valence-corrected chi connectivity index (χ4v) is 3.85. The summed E-state index contributed by atoms with van der Waals surface area (Å²) in [7, 11) is 1.57. The molecular weight excluding hydrogens is 473 g/mol. The first kappa shape index (κ1) is 26.0. The number of piperidine rings is 1. The van der Waals surface area contributed by atoms with Gasteiger partial charge >= 0.3 is 6.18 Å². The summed E-state index contributed by atoms with van der Waals surface area (Å²) in [6.07, 6.45) is -0.834. The van der Waals surface area contributed by atoms with Gasteiger partial charge in [0.1, 0.15) is 11.5 Å². The Morgan fingerprint density at radius 1 is 1.26 bits per heavy atom. The van der Waals surface area contributed by atoms with Gasteiger partial charge in [-0.25, -0.2) is 18.7 Å². The molecule has 13 heteroatoms. The van der Waals surface area contributed by atoms with Crippen LogP contribution in [0.2, 0.25) is 0 Å². The summed E-state index contributed by atoms with van der Waals surface area (Å²) < 4.78 is 67.0. The van der Waals surface area contributed by atoms with Crippen LogP contribution in [0.15, 0.2) is 43.0 Å². The van der Waals surface area contributed by atoms with Gasteiger partial charge in [0, 0.05) is 38.0 Å². The van der Waals surface area contributed by atoms with Gasteiger partial charge in [0.15, 0.2) is 5.69 Å². The molecule has 0 radical (unpaired) electrons.